The Morgan fingerprint density at radius 2 is 2.06 bits per heavy atom. The predicted octanol–water partition coefficient (Wildman–Crippen LogP) is 0.920. The molecule has 0 amide bonds. The average Bonchev–Trinajstić information content (AvgIpc) is 2.29. The highest BCUT2D eigenvalue weighted by Crippen LogP contribution is 2.08. The van der Waals surface area contributed by atoms with E-state index >= 15 is 0 Å². The van der Waals surface area contributed by atoms with Crippen molar-refractivity contribution in [1.29, 1.82) is 0 Å². The van der Waals surface area contributed by atoms with Gasteiger partial charge >= 0.3 is 0 Å². The van der Waals surface area contributed by atoms with Gasteiger partial charge < -0.3 is 15.5 Å². The molecular formula is C10H23IN4S. The molecule has 16 heavy (non-hydrogen) atoms. The molecule has 0 aliphatic carbocycles. The maximum Gasteiger partial charge on any atom is 0.191 e. The fraction of sp³-hybridized carbons (Fsp3) is 0.900. The van der Waals surface area contributed by atoms with Gasteiger partial charge in [0.15, 0.2) is 5.96 Å². The van der Waals surface area contributed by atoms with E-state index in [1.54, 1.807) is 0 Å². The number of thioether (sulfide) groups is 1. The van der Waals surface area contributed by atoms with Crippen LogP contribution in [0.1, 0.15) is 6.92 Å². The fourth-order valence-electron chi connectivity index (χ4n) is 1.39. The van der Waals surface area contributed by atoms with Crippen LogP contribution in [-0.2, 0) is 0 Å². The summed E-state index contributed by atoms with van der Waals surface area (Å²) in [6, 6.07) is 0. The van der Waals surface area contributed by atoms with Crippen LogP contribution >= 0.6 is 35.7 Å². The van der Waals surface area contributed by atoms with Crippen LogP contribution in [0.2, 0.25) is 0 Å². The Morgan fingerprint density at radius 3 is 2.62 bits per heavy atom. The van der Waals surface area contributed by atoms with E-state index in [9.17, 15) is 0 Å². The van der Waals surface area contributed by atoms with Crippen LogP contribution in [0.4, 0.5) is 0 Å². The molecular weight excluding hydrogens is 335 g/mol. The van der Waals surface area contributed by atoms with Crippen LogP contribution in [0, 0.1) is 0 Å². The summed E-state index contributed by atoms with van der Waals surface area (Å²) in [5.41, 5.74) is 5.92. The zero-order chi connectivity index (χ0) is 11.1. The molecule has 6 heteroatoms. The highest BCUT2D eigenvalue weighted by Gasteiger charge is 2.11. The number of aliphatic imine (C=N–C) groups is 1. The molecule has 0 atom stereocenters. The lowest BCUT2D eigenvalue weighted by Gasteiger charge is -2.27. The smallest absolute Gasteiger partial charge is 0.191 e. The van der Waals surface area contributed by atoms with Crippen molar-refractivity contribution in [2.45, 2.75) is 6.92 Å². The molecule has 0 spiro atoms. The molecule has 2 N–H and O–H groups in total. The van der Waals surface area contributed by atoms with E-state index in [2.05, 4.69) is 28.8 Å². The molecule has 0 radical (unpaired) electrons. The number of hydrogen-bond donors (Lipinski definition) is 1. The molecule has 1 rings (SSSR count). The second-order valence-corrected chi connectivity index (χ2v) is 4.96. The third-order valence-electron chi connectivity index (χ3n) is 2.63. The van der Waals surface area contributed by atoms with Crippen LogP contribution in [0.25, 0.3) is 0 Å². The summed E-state index contributed by atoms with van der Waals surface area (Å²) in [6.07, 6.45) is 0. The maximum atomic E-state index is 5.92. The third kappa shape index (κ3) is 6.15. The van der Waals surface area contributed by atoms with Crippen molar-refractivity contribution in [3.05, 3.63) is 0 Å². The number of rotatable bonds is 4. The van der Waals surface area contributed by atoms with Crippen LogP contribution < -0.4 is 5.73 Å². The van der Waals surface area contributed by atoms with E-state index in [1.165, 1.54) is 11.5 Å². The first-order chi connectivity index (χ1) is 7.24. The van der Waals surface area contributed by atoms with Crippen molar-refractivity contribution in [1.82, 2.24) is 9.80 Å². The van der Waals surface area contributed by atoms with Crippen molar-refractivity contribution in [2.24, 2.45) is 10.7 Å². The Morgan fingerprint density at radius 1 is 1.44 bits per heavy atom. The van der Waals surface area contributed by atoms with Gasteiger partial charge in [0.2, 0.25) is 0 Å². The molecule has 1 heterocycles. The normalized spacial score (nSPS) is 17.4. The van der Waals surface area contributed by atoms with Crippen molar-refractivity contribution >= 4 is 41.7 Å². The second kappa shape index (κ2) is 9.35. The number of hydrogen-bond acceptors (Lipinski definition) is 3. The van der Waals surface area contributed by atoms with Gasteiger partial charge in [0.25, 0.3) is 0 Å². The molecule has 0 saturated carbocycles. The van der Waals surface area contributed by atoms with Gasteiger partial charge in [-0.25, -0.2) is 0 Å². The van der Waals surface area contributed by atoms with Gasteiger partial charge in [-0.05, 0) is 13.6 Å². The number of likely N-dealkylation sites (N-methyl/N-ethyl adjacent to an activating group) is 1. The highest BCUT2D eigenvalue weighted by molar-refractivity contribution is 14.0. The minimum Gasteiger partial charge on any atom is -0.370 e. The number of nitrogens with zero attached hydrogens (tertiary/aromatic N) is 3. The molecule has 1 fully saturated rings. The molecule has 0 bridgehead atoms. The summed E-state index contributed by atoms with van der Waals surface area (Å²) in [5, 5.41) is 0. The van der Waals surface area contributed by atoms with Crippen LogP contribution in [0.5, 0.6) is 0 Å². The van der Waals surface area contributed by atoms with Crippen LogP contribution in [0.3, 0.4) is 0 Å². The Kier molecular flexibility index (Phi) is 9.53. The zero-order valence-corrected chi connectivity index (χ0v) is 13.3. The lowest BCUT2D eigenvalue weighted by atomic mass is 10.5. The molecule has 0 unspecified atom stereocenters. The van der Waals surface area contributed by atoms with E-state index in [4.69, 9.17) is 5.73 Å². The van der Waals surface area contributed by atoms with E-state index in [1.807, 2.05) is 11.8 Å². The summed E-state index contributed by atoms with van der Waals surface area (Å²) in [7, 11) is 2.10. The maximum absolute atomic E-state index is 5.92. The van der Waals surface area contributed by atoms with Gasteiger partial charge in [-0.3, -0.25) is 4.99 Å². The van der Waals surface area contributed by atoms with Gasteiger partial charge in [-0.15, -0.1) is 24.0 Å². The number of halogens is 1. The number of nitrogens with two attached hydrogens (primary N) is 1. The molecule has 4 nitrogen and oxygen atoms in total. The van der Waals surface area contributed by atoms with Gasteiger partial charge in [0, 0.05) is 31.1 Å². The van der Waals surface area contributed by atoms with Gasteiger partial charge in [0.05, 0.1) is 6.54 Å². The predicted molar refractivity (Wildman–Crippen MR) is 84.0 cm³/mol. The highest BCUT2D eigenvalue weighted by atomic mass is 127. The van der Waals surface area contributed by atoms with Crippen LogP contribution in [-0.4, -0.2) is 67.0 Å². The molecule has 1 aliphatic rings. The SMILES string of the molecule is CCN(C)CCN=C(N)N1CCSCC1.I. The van der Waals surface area contributed by atoms with E-state index < -0.39 is 0 Å². The Bertz CT molecular complexity index is 207. The van der Waals surface area contributed by atoms with E-state index in [0.717, 1.165) is 38.7 Å². The first-order valence-electron chi connectivity index (χ1n) is 5.55. The Hall–Kier alpha value is 0.310. The van der Waals surface area contributed by atoms with E-state index in [-0.39, 0.29) is 24.0 Å². The summed E-state index contributed by atoms with van der Waals surface area (Å²) in [4.78, 5) is 8.83. The summed E-state index contributed by atoms with van der Waals surface area (Å²) in [5.74, 6) is 3.07. The number of guanidine groups is 1. The second-order valence-electron chi connectivity index (χ2n) is 3.74. The lowest BCUT2D eigenvalue weighted by molar-refractivity contribution is 0.361. The van der Waals surface area contributed by atoms with Gasteiger partial charge in [-0.2, -0.15) is 11.8 Å². The van der Waals surface area contributed by atoms with Crippen LogP contribution in [0.15, 0.2) is 4.99 Å². The average molecular weight is 358 g/mol. The third-order valence-corrected chi connectivity index (χ3v) is 3.57. The molecule has 1 saturated heterocycles. The van der Waals surface area contributed by atoms with Crippen molar-refractivity contribution in [3.8, 4) is 0 Å². The zero-order valence-electron chi connectivity index (χ0n) is 10.2. The first-order valence-corrected chi connectivity index (χ1v) is 6.70. The minimum atomic E-state index is 0. The first kappa shape index (κ1) is 16.3. The largest absolute Gasteiger partial charge is 0.370 e. The topological polar surface area (TPSA) is 44.9 Å². The summed E-state index contributed by atoms with van der Waals surface area (Å²) in [6.45, 7) is 7.09. The van der Waals surface area contributed by atoms with Crippen molar-refractivity contribution in [2.75, 3.05) is 51.3 Å². The quantitative estimate of drug-likeness (QED) is 0.461. The Balaban J connectivity index is 0.00000225. The monoisotopic (exact) mass is 358 g/mol. The van der Waals surface area contributed by atoms with E-state index in [0.29, 0.717) is 0 Å². The molecule has 1 aliphatic heterocycles. The molecule has 0 aromatic carbocycles. The Labute approximate surface area is 120 Å². The van der Waals surface area contributed by atoms with Crippen molar-refractivity contribution < 1.29 is 0 Å². The molecule has 96 valence electrons. The minimum absolute atomic E-state index is 0. The van der Waals surface area contributed by atoms with Gasteiger partial charge in [0.1, 0.15) is 0 Å². The fourth-order valence-corrected chi connectivity index (χ4v) is 2.29. The standard InChI is InChI=1S/C10H22N4S.HI/c1-3-13(2)5-4-12-10(11)14-6-8-15-9-7-14;/h3-9H2,1-2H3,(H2,11,12);1H. The molecule has 0 aromatic heterocycles. The lowest BCUT2D eigenvalue weighted by Crippen LogP contribution is -2.43. The van der Waals surface area contributed by atoms with Gasteiger partial charge in [-0.1, -0.05) is 6.92 Å². The summed E-state index contributed by atoms with van der Waals surface area (Å²) < 4.78 is 0. The molecule has 0 aromatic rings. The van der Waals surface area contributed by atoms with Crippen molar-refractivity contribution in [3.63, 3.8) is 0 Å². The summed E-state index contributed by atoms with van der Waals surface area (Å²) >= 11 is 1.99.